The quantitative estimate of drug-likeness (QED) is 0.240. The highest BCUT2D eigenvalue weighted by Crippen LogP contribution is 2.74. The van der Waals surface area contributed by atoms with Crippen molar-refractivity contribution in [3.8, 4) is 0 Å². The molecule has 0 saturated heterocycles. The van der Waals surface area contributed by atoms with Gasteiger partial charge in [0.15, 0.2) is 0 Å². The third kappa shape index (κ3) is 5.08. The van der Waals surface area contributed by atoms with E-state index < -0.39 is 109 Å². The van der Waals surface area contributed by atoms with Crippen molar-refractivity contribution in [3.63, 3.8) is 0 Å². The zero-order chi connectivity index (χ0) is 36.0. The minimum Gasteiger partial charge on any atom is -0.198 e. The van der Waals surface area contributed by atoms with E-state index in [9.17, 15) is 114 Å². The Morgan fingerprint density at radius 2 is 0.386 bits per heavy atom. The molecule has 0 aromatic rings. The van der Waals surface area contributed by atoms with E-state index in [2.05, 4.69) is 0 Å². The Bertz CT molecular complexity index is 891. The van der Waals surface area contributed by atoms with Gasteiger partial charge in [0, 0.05) is 0 Å². The van der Waals surface area contributed by atoms with Crippen molar-refractivity contribution in [1.82, 2.24) is 0 Å². The van der Waals surface area contributed by atoms with Gasteiger partial charge in [0.25, 0.3) is 0 Å². The fourth-order valence-corrected chi connectivity index (χ4v) is 5.28. The molecule has 1 rings (SSSR count). The summed E-state index contributed by atoms with van der Waals surface area (Å²) in [7, 11) is 0. The van der Waals surface area contributed by atoms with E-state index >= 15 is 0 Å². The van der Waals surface area contributed by atoms with Crippen LogP contribution in [0.25, 0.3) is 0 Å². The summed E-state index contributed by atoms with van der Waals surface area (Å²) in [5, 5.41) is 0. The lowest BCUT2D eigenvalue weighted by atomic mass is 9.56. The fraction of sp³-hybridized carbons (Fsp3) is 1.00. The lowest BCUT2D eigenvalue weighted by Crippen LogP contribution is -2.74. The maximum Gasteiger partial charge on any atom is 0.459 e. The molecular formula is C18H10F26. The third-order valence-electron chi connectivity index (χ3n) is 7.23. The summed E-state index contributed by atoms with van der Waals surface area (Å²) in [6, 6.07) is 0. The van der Waals surface area contributed by atoms with E-state index in [1.807, 2.05) is 0 Å². The van der Waals surface area contributed by atoms with Crippen molar-refractivity contribution in [1.29, 1.82) is 0 Å². The lowest BCUT2D eigenvalue weighted by molar-refractivity contribution is -0.482. The van der Waals surface area contributed by atoms with Crippen molar-refractivity contribution >= 4 is 0 Å². The first-order valence-corrected chi connectivity index (χ1v) is 10.6. The second-order valence-electron chi connectivity index (χ2n) is 9.45. The standard InChI is InChI=1S/C18H10F26/c19-9(20,11(23,24)17(39,40)41)7(13(27,28)29,14(30,31)32)5-1-2-6(4-3-5)8(15(33,34)35,16(36,37)38)10(21,22)12(25,26)18(42,43)44/h5-6H,1-4H2. The molecule has 0 amide bonds. The molecule has 0 unspecified atom stereocenters. The molecule has 0 aliphatic heterocycles. The average Bonchev–Trinajstić information content (AvgIpc) is 2.69. The van der Waals surface area contributed by atoms with Gasteiger partial charge in [0.2, 0.25) is 10.8 Å². The van der Waals surface area contributed by atoms with Crippen LogP contribution in [0.4, 0.5) is 114 Å². The highest BCUT2D eigenvalue weighted by Gasteiger charge is 2.96. The summed E-state index contributed by atoms with van der Waals surface area (Å²) >= 11 is 0. The van der Waals surface area contributed by atoms with Crippen LogP contribution in [-0.4, -0.2) is 60.7 Å². The molecule has 1 aliphatic rings. The van der Waals surface area contributed by atoms with Crippen molar-refractivity contribution in [2.45, 2.75) is 86.4 Å². The molecular weight excluding hydrogens is 710 g/mol. The minimum atomic E-state index is -8.45. The molecule has 0 spiro atoms. The molecule has 0 heterocycles. The van der Waals surface area contributed by atoms with Crippen molar-refractivity contribution in [3.05, 3.63) is 0 Å². The molecule has 0 bridgehead atoms. The monoisotopic (exact) mass is 720 g/mol. The van der Waals surface area contributed by atoms with Crippen LogP contribution < -0.4 is 0 Å². The molecule has 0 aromatic carbocycles. The number of rotatable bonds is 6. The molecule has 1 fully saturated rings. The van der Waals surface area contributed by atoms with E-state index in [1.54, 1.807) is 0 Å². The first kappa shape index (κ1) is 40.2. The van der Waals surface area contributed by atoms with E-state index in [-0.39, 0.29) is 0 Å². The molecule has 0 aromatic heterocycles. The number of halogens is 26. The molecule has 1 saturated carbocycles. The van der Waals surface area contributed by atoms with E-state index in [0.29, 0.717) is 0 Å². The van der Waals surface area contributed by atoms with Crippen LogP contribution in [0.5, 0.6) is 0 Å². The first-order valence-electron chi connectivity index (χ1n) is 10.6. The predicted octanol–water partition coefficient (Wildman–Crippen LogP) is 10.7. The molecule has 0 nitrogen and oxygen atoms in total. The van der Waals surface area contributed by atoms with Crippen LogP contribution in [0.2, 0.25) is 0 Å². The highest BCUT2D eigenvalue weighted by molar-refractivity contribution is 5.17. The molecule has 26 heteroatoms. The van der Waals surface area contributed by atoms with Crippen molar-refractivity contribution in [2.24, 2.45) is 22.7 Å². The Kier molecular flexibility index (Phi) is 9.45. The Labute approximate surface area is 224 Å². The van der Waals surface area contributed by atoms with Gasteiger partial charge in [-0.2, -0.15) is 114 Å². The SMILES string of the molecule is FC(F)(F)C(F)(F)C(F)(F)C(C1CCC(C(C(F)(F)F)(C(F)(F)F)C(F)(F)C(F)(F)C(F)(F)F)CC1)(C(F)(F)F)C(F)(F)F. The maximum atomic E-state index is 14.4. The van der Waals surface area contributed by atoms with Gasteiger partial charge in [-0.15, -0.1) is 0 Å². The zero-order valence-electron chi connectivity index (χ0n) is 19.8. The van der Waals surface area contributed by atoms with Crippen LogP contribution in [0.1, 0.15) is 25.7 Å². The van der Waals surface area contributed by atoms with Gasteiger partial charge in [-0.1, -0.05) is 0 Å². The van der Waals surface area contributed by atoms with Crippen LogP contribution in [0, 0.1) is 22.7 Å². The summed E-state index contributed by atoms with van der Waals surface area (Å²) < 4.78 is 351. The number of hydrogen-bond acceptors (Lipinski definition) is 0. The molecule has 0 atom stereocenters. The summed E-state index contributed by atoms with van der Waals surface area (Å²) in [6.07, 6.45) is -60.7. The number of hydrogen-bond donors (Lipinski definition) is 0. The Balaban J connectivity index is 4.11. The molecule has 264 valence electrons. The van der Waals surface area contributed by atoms with Crippen LogP contribution in [0.3, 0.4) is 0 Å². The second-order valence-corrected chi connectivity index (χ2v) is 9.45. The summed E-state index contributed by atoms with van der Waals surface area (Å²) in [5.41, 5.74) is -15.5. The van der Waals surface area contributed by atoms with Crippen LogP contribution in [0.15, 0.2) is 0 Å². The zero-order valence-corrected chi connectivity index (χ0v) is 19.8. The molecule has 0 radical (unpaired) electrons. The number of alkyl halides is 26. The van der Waals surface area contributed by atoms with Crippen LogP contribution >= 0.6 is 0 Å². The summed E-state index contributed by atoms with van der Waals surface area (Å²) in [5.74, 6) is -42.9. The molecule has 44 heavy (non-hydrogen) atoms. The van der Waals surface area contributed by atoms with Gasteiger partial charge >= 0.3 is 60.7 Å². The molecule has 0 N–H and O–H groups in total. The minimum absolute atomic E-state index is 3.14. The second kappa shape index (κ2) is 10.3. The van der Waals surface area contributed by atoms with Gasteiger partial charge in [0.1, 0.15) is 0 Å². The molecule has 1 aliphatic carbocycles. The largest absolute Gasteiger partial charge is 0.459 e. The van der Waals surface area contributed by atoms with Crippen molar-refractivity contribution in [2.75, 3.05) is 0 Å². The predicted molar refractivity (Wildman–Crippen MR) is 86.4 cm³/mol. The van der Waals surface area contributed by atoms with Gasteiger partial charge in [-0.3, -0.25) is 0 Å². The smallest absolute Gasteiger partial charge is 0.198 e. The van der Waals surface area contributed by atoms with E-state index in [0.717, 1.165) is 0 Å². The topological polar surface area (TPSA) is 0 Å². The summed E-state index contributed by atoms with van der Waals surface area (Å²) in [6.45, 7) is 0. The van der Waals surface area contributed by atoms with Crippen LogP contribution in [-0.2, 0) is 0 Å². The summed E-state index contributed by atoms with van der Waals surface area (Å²) in [4.78, 5) is 0. The fourth-order valence-electron chi connectivity index (χ4n) is 5.28. The average molecular weight is 720 g/mol. The van der Waals surface area contributed by atoms with E-state index in [1.165, 1.54) is 0 Å². The maximum absolute atomic E-state index is 14.4. The van der Waals surface area contributed by atoms with Crippen molar-refractivity contribution < 1.29 is 114 Å². The van der Waals surface area contributed by atoms with E-state index in [4.69, 9.17) is 0 Å². The normalized spacial score (nSPS) is 22.0. The van der Waals surface area contributed by atoms with Gasteiger partial charge in [-0.05, 0) is 37.5 Å². The Morgan fingerprint density at radius 1 is 0.227 bits per heavy atom. The first-order chi connectivity index (χ1) is 18.7. The van der Waals surface area contributed by atoms with Gasteiger partial charge in [0.05, 0.1) is 0 Å². The van der Waals surface area contributed by atoms with Gasteiger partial charge < -0.3 is 0 Å². The van der Waals surface area contributed by atoms with Gasteiger partial charge in [-0.25, -0.2) is 0 Å². The Hall–Kier alpha value is -1.82. The highest BCUT2D eigenvalue weighted by atomic mass is 19.5. The Morgan fingerprint density at radius 3 is 0.500 bits per heavy atom. The lowest BCUT2D eigenvalue weighted by Gasteiger charge is -2.54. The third-order valence-corrected chi connectivity index (χ3v) is 7.23.